The van der Waals surface area contributed by atoms with E-state index in [9.17, 15) is 14.7 Å². The minimum absolute atomic E-state index is 0.0637. The maximum atomic E-state index is 13.0. The number of carbonyl (C=O) groups excluding carboxylic acids is 2. The van der Waals surface area contributed by atoms with Gasteiger partial charge in [-0.25, -0.2) is 0 Å². The molecule has 2 amide bonds. The quantitative estimate of drug-likeness (QED) is 0.880. The zero-order valence-electron chi connectivity index (χ0n) is 15.2. The van der Waals surface area contributed by atoms with Gasteiger partial charge in [0.05, 0.1) is 25.2 Å². The van der Waals surface area contributed by atoms with Crippen LogP contribution < -0.4 is 0 Å². The lowest BCUT2D eigenvalue weighted by molar-refractivity contribution is -0.169. The van der Waals surface area contributed by atoms with Crippen molar-refractivity contribution in [3.8, 4) is 0 Å². The minimum atomic E-state index is -1.02. The largest absolute Gasteiger partial charge is 0.389 e. The van der Waals surface area contributed by atoms with E-state index in [4.69, 9.17) is 4.74 Å². The highest BCUT2D eigenvalue weighted by Crippen LogP contribution is 2.42. The molecule has 1 spiro atoms. The minimum Gasteiger partial charge on any atom is -0.389 e. The molecule has 1 aromatic carbocycles. The molecule has 140 valence electrons. The summed E-state index contributed by atoms with van der Waals surface area (Å²) in [7, 11) is 1.79. The number of ether oxygens (including phenoxy) is 1. The zero-order valence-corrected chi connectivity index (χ0v) is 15.2. The fourth-order valence-corrected chi connectivity index (χ4v) is 4.49. The van der Waals surface area contributed by atoms with Crippen molar-refractivity contribution in [1.29, 1.82) is 0 Å². The molecule has 2 unspecified atom stereocenters. The summed E-state index contributed by atoms with van der Waals surface area (Å²) in [5, 5.41) is 10.3. The van der Waals surface area contributed by atoms with E-state index < -0.39 is 11.2 Å². The fourth-order valence-electron chi connectivity index (χ4n) is 4.49. The van der Waals surface area contributed by atoms with Gasteiger partial charge in [-0.15, -0.1) is 0 Å². The van der Waals surface area contributed by atoms with Gasteiger partial charge in [0.1, 0.15) is 0 Å². The topological polar surface area (TPSA) is 70.1 Å². The van der Waals surface area contributed by atoms with Crippen LogP contribution in [-0.2, 0) is 14.3 Å². The molecule has 1 saturated carbocycles. The molecule has 2 aliphatic heterocycles. The van der Waals surface area contributed by atoms with E-state index in [0.29, 0.717) is 32.5 Å². The molecule has 26 heavy (non-hydrogen) atoms. The summed E-state index contributed by atoms with van der Waals surface area (Å²) < 4.78 is 6.08. The molecule has 0 aromatic heterocycles. The molecule has 6 nitrogen and oxygen atoms in total. The Morgan fingerprint density at radius 1 is 1.31 bits per heavy atom. The van der Waals surface area contributed by atoms with Crippen LogP contribution in [0.2, 0.25) is 0 Å². The number of rotatable bonds is 3. The Hall–Kier alpha value is -1.92. The molecule has 3 aliphatic rings. The van der Waals surface area contributed by atoms with Crippen molar-refractivity contribution in [2.45, 2.75) is 42.8 Å². The standard InChI is InChI=1S/C20H26N2O4/c1-21-13-16(15-6-3-2-4-7-15)20(18(21)24)14-22(10-11-26-20)17(23)12-19(25)8-5-9-19/h2-4,6-7,16,25H,5,8-14H2,1H3. The first-order valence-corrected chi connectivity index (χ1v) is 9.38. The average Bonchev–Trinajstić information content (AvgIpc) is 2.86. The third-order valence-electron chi connectivity index (χ3n) is 6.19. The Morgan fingerprint density at radius 3 is 2.69 bits per heavy atom. The Morgan fingerprint density at radius 2 is 2.04 bits per heavy atom. The molecule has 4 rings (SSSR count). The SMILES string of the molecule is CN1CC(c2ccccc2)C2(CN(C(=O)CC3(O)CCC3)CCO2)C1=O. The molecule has 2 heterocycles. The lowest BCUT2D eigenvalue weighted by Crippen LogP contribution is -2.60. The molecule has 1 N–H and O–H groups in total. The fraction of sp³-hybridized carbons (Fsp3) is 0.600. The molecule has 0 bridgehead atoms. The van der Waals surface area contributed by atoms with Crippen molar-refractivity contribution >= 4 is 11.8 Å². The third kappa shape index (κ3) is 2.81. The van der Waals surface area contributed by atoms with E-state index in [1.807, 2.05) is 30.3 Å². The normalized spacial score (nSPS) is 30.5. The maximum Gasteiger partial charge on any atom is 0.257 e. The summed E-state index contributed by atoms with van der Waals surface area (Å²) in [6.45, 7) is 1.64. The van der Waals surface area contributed by atoms with E-state index in [2.05, 4.69) is 0 Å². The van der Waals surface area contributed by atoms with E-state index >= 15 is 0 Å². The smallest absolute Gasteiger partial charge is 0.257 e. The molecule has 2 atom stereocenters. The first-order valence-electron chi connectivity index (χ1n) is 9.38. The van der Waals surface area contributed by atoms with Gasteiger partial charge in [-0.2, -0.15) is 0 Å². The van der Waals surface area contributed by atoms with Crippen LogP contribution in [0.1, 0.15) is 37.2 Å². The summed E-state index contributed by atoms with van der Waals surface area (Å²) in [6.07, 6.45) is 2.48. The summed E-state index contributed by atoms with van der Waals surface area (Å²) in [5.41, 5.74) is -0.818. The highest BCUT2D eigenvalue weighted by molar-refractivity contribution is 5.90. The predicted molar refractivity (Wildman–Crippen MR) is 95.5 cm³/mol. The maximum absolute atomic E-state index is 13.0. The summed E-state index contributed by atoms with van der Waals surface area (Å²) in [4.78, 5) is 29.2. The van der Waals surface area contributed by atoms with Crippen molar-refractivity contribution in [1.82, 2.24) is 9.80 Å². The number of amides is 2. The van der Waals surface area contributed by atoms with Crippen LogP contribution in [0.5, 0.6) is 0 Å². The summed E-state index contributed by atoms with van der Waals surface area (Å²) >= 11 is 0. The van der Waals surface area contributed by atoms with Gasteiger partial charge in [-0.05, 0) is 24.8 Å². The molecular weight excluding hydrogens is 332 g/mol. The van der Waals surface area contributed by atoms with Crippen molar-refractivity contribution in [3.05, 3.63) is 35.9 Å². The van der Waals surface area contributed by atoms with Crippen LogP contribution in [0, 0.1) is 0 Å². The van der Waals surface area contributed by atoms with Gasteiger partial charge in [-0.3, -0.25) is 9.59 Å². The second-order valence-electron chi connectivity index (χ2n) is 7.96. The third-order valence-corrected chi connectivity index (χ3v) is 6.19. The molecule has 1 aliphatic carbocycles. The number of benzene rings is 1. The number of hydrogen-bond donors (Lipinski definition) is 1. The van der Waals surface area contributed by atoms with Crippen molar-refractivity contribution < 1.29 is 19.4 Å². The highest BCUT2D eigenvalue weighted by atomic mass is 16.5. The monoisotopic (exact) mass is 358 g/mol. The molecule has 0 radical (unpaired) electrons. The molecule has 1 aromatic rings. The van der Waals surface area contributed by atoms with Gasteiger partial charge in [0.2, 0.25) is 5.91 Å². The highest BCUT2D eigenvalue weighted by Gasteiger charge is 2.57. The van der Waals surface area contributed by atoms with E-state index in [1.54, 1.807) is 16.8 Å². The van der Waals surface area contributed by atoms with Crippen LogP contribution in [-0.4, -0.2) is 71.2 Å². The first-order chi connectivity index (χ1) is 12.4. The lowest BCUT2D eigenvalue weighted by Gasteiger charge is -2.44. The number of hydrogen-bond acceptors (Lipinski definition) is 4. The van der Waals surface area contributed by atoms with Crippen LogP contribution in [0.3, 0.4) is 0 Å². The second kappa shape index (κ2) is 6.35. The molecular formula is C20H26N2O4. The summed E-state index contributed by atoms with van der Waals surface area (Å²) in [5.74, 6) is -0.251. The number of likely N-dealkylation sites (tertiary alicyclic amines) is 1. The second-order valence-corrected chi connectivity index (χ2v) is 7.96. The zero-order chi connectivity index (χ0) is 18.4. The van der Waals surface area contributed by atoms with E-state index in [-0.39, 0.29) is 30.7 Å². The van der Waals surface area contributed by atoms with Gasteiger partial charge in [0.25, 0.3) is 5.91 Å². The Labute approximate surface area is 153 Å². The average molecular weight is 358 g/mol. The first kappa shape index (κ1) is 17.5. The van der Waals surface area contributed by atoms with Gasteiger partial charge in [-0.1, -0.05) is 30.3 Å². The molecule has 2 saturated heterocycles. The van der Waals surface area contributed by atoms with Crippen LogP contribution in [0.15, 0.2) is 30.3 Å². The van der Waals surface area contributed by atoms with Gasteiger partial charge < -0.3 is 19.6 Å². The lowest BCUT2D eigenvalue weighted by atomic mass is 9.77. The number of carbonyl (C=O) groups is 2. The van der Waals surface area contributed by atoms with Crippen LogP contribution >= 0.6 is 0 Å². The van der Waals surface area contributed by atoms with E-state index in [1.165, 1.54) is 0 Å². The number of nitrogens with zero attached hydrogens (tertiary/aromatic N) is 2. The Bertz CT molecular complexity index is 703. The van der Waals surface area contributed by atoms with Gasteiger partial charge in [0.15, 0.2) is 5.60 Å². The van der Waals surface area contributed by atoms with Crippen LogP contribution in [0.4, 0.5) is 0 Å². The van der Waals surface area contributed by atoms with Gasteiger partial charge in [0, 0.05) is 26.1 Å². The molecule has 6 heteroatoms. The van der Waals surface area contributed by atoms with Crippen molar-refractivity contribution in [2.75, 3.05) is 33.3 Å². The summed E-state index contributed by atoms with van der Waals surface area (Å²) in [6, 6.07) is 9.90. The van der Waals surface area contributed by atoms with Crippen molar-refractivity contribution in [3.63, 3.8) is 0 Å². The predicted octanol–water partition coefficient (Wildman–Crippen LogP) is 1.14. The van der Waals surface area contributed by atoms with Crippen LogP contribution in [0.25, 0.3) is 0 Å². The van der Waals surface area contributed by atoms with Gasteiger partial charge >= 0.3 is 0 Å². The Kier molecular flexibility index (Phi) is 4.28. The van der Waals surface area contributed by atoms with E-state index in [0.717, 1.165) is 12.0 Å². The number of aliphatic hydroxyl groups is 1. The van der Waals surface area contributed by atoms with Crippen molar-refractivity contribution in [2.24, 2.45) is 0 Å². The number of likely N-dealkylation sites (N-methyl/N-ethyl adjacent to an activating group) is 1. The molecule has 3 fully saturated rings. The Balaban J connectivity index is 1.58. The number of morpholine rings is 1.